The Balaban J connectivity index is 2.42. The molecule has 1 N–H and O–H groups in total. The van der Waals surface area contributed by atoms with Gasteiger partial charge in [0.15, 0.2) is 5.76 Å². The number of anilines is 1. The molecule has 12 heteroatoms. The quantitative estimate of drug-likeness (QED) is 0.664. The third-order valence-electron chi connectivity index (χ3n) is 4.78. The van der Waals surface area contributed by atoms with Gasteiger partial charge in [0.1, 0.15) is 21.7 Å². The van der Waals surface area contributed by atoms with Crippen molar-refractivity contribution in [2.24, 2.45) is 0 Å². The molecule has 0 saturated heterocycles. The summed E-state index contributed by atoms with van der Waals surface area (Å²) >= 11 is 12.8. The van der Waals surface area contributed by atoms with E-state index in [1.54, 1.807) is 13.8 Å². The molecule has 0 spiro atoms. The highest BCUT2D eigenvalue weighted by Crippen LogP contribution is 2.49. The van der Waals surface area contributed by atoms with Crippen LogP contribution in [0.3, 0.4) is 0 Å². The summed E-state index contributed by atoms with van der Waals surface area (Å²) in [5, 5.41) is 11.1. The normalized spacial score (nSPS) is 18.2. The molecule has 1 unspecified atom stereocenters. The maximum Gasteiger partial charge on any atom is 0.232 e. The monoisotopic (exact) mass is 510 g/mol. The van der Waals surface area contributed by atoms with Crippen molar-refractivity contribution in [2.75, 3.05) is 17.6 Å². The Morgan fingerprint density at radius 2 is 1.93 bits per heavy atom. The lowest BCUT2D eigenvalue weighted by atomic mass is 9.97. The minimum atomic E-state index is -3.69. The molecule has 0 aliphatic carbocycles. The summed E-state index contributed by atoms with van der Waals surface area (Å²) in [5.41, 5.74) is 0.807. The van der Waals surface area contributed by atoms with Gasteiger partial charge < -0.3 is 5.11 Å². The van der Waals surface area contributed by atoms with Crippen molar-refractivity contribution in [3.63, 3.8) is 0 Å². The van der Waals surface area contributed by atoms with Crippen molar-refractivity contribution in [1.29, 1.82) is 0 Å². The second kappa shape index (κ2) is 7.90. The van der Waals surface area contributed by atoms with Crippen molar-refractivity contribution in [2.45, 2.75) is 18.6 Å². The molecular formula is C18H17Cl2FN2O4S3. The molecule has 30 heavy (non-hydrogen) atoms. The van der Waals surface area contributed by atoms with Gasteiger partial charge in [0.25, 0.3) is 0 Å². The van der Waals surface area contributed by atoms with Crippen molar-refractivity contribution < 1.29 is 22.1 Å². The third-order valence-corrected chi connectivity index (χ3v) is 10.9. The summed E-state index contributed by atoms with van der Waals surface area (Å²) in [6.07, 6.45) is 1.97. The van der Waals surface area contributed by atoms with E-state index >= 15 is 0 Å². The number of sulfonamides is 1. The Kier molecular flexibility index (Phi) is 6.11. The minimum absolute atomic E-state index is 0.0220. The minimum Gasteiger partial charge on any atom is -0.505 e. The topological polar surface area (TPSA) is 87.6 Å². The molecule has 0 fully saturated rings. The van der Waals surface area contributed by atoms with Crippen LogP contribution in [0.5, 0.6) is 0 Å². The summed E-state index contributed by atoms with van der Waals surface area (Å²) in [6, 6.07) is 4.20. The van der Waals surface area contributed by atoms with E-state index in [0.717, 1.165) is 16.8 Å². The standard InChI is InChI=1S/C18H17Cl2FN2O4S3/c1-18(2)11-7-9(21)8-22-14(11)16(24)17(29(18)28-25)10-5-6-12(19)15(13(10)20)23(3)30(4,26)27/h5-8,24H,1-4H3. The van der Waals surface area contributed by atoms with Crippen molar-refractivity contribution in [3.05, 3.63) is 57.1 Å². The van der Waals surface area contributed by atoms with Crippen LogP contribution in [-0.2, 0) is 34.5 Å². The number of aliphatic hydroxyl groups is 1. The van der Waals surface area contributed by atoms with E-state index in [1.165, 1.54) is 25.2 Å². The Bertz CT molecular complexity index is 1270. The molecule has 1 atom stereocenters. The average molecular weight is 511 g/mol. The lowest BCUT2D eigenvalue weighted by Crippen LogP contribution is -2.31. The van der Waals surface area contributed by atoms with Gasteiger partial charge in [-0.1, -0.05) is 29.3 Å². The zero-order valence-electron chi connectivity index (χ0n) is 16.2. The molecular weight excluding hydrogens is 494 g/mol. The van der Waals surface area contributed by atoms with Gasteiger partial charge in [-0.25, -0.2) is 22.0 Å². The molecule has 0 bridgehead atoms. The second-order valence-corrected chi connectivity index (χ2v) is 13.4. The van der Waals surface area contributed by atoms with E-state index in [0.29, 0.717) is 5.56 Å². The molecule has 162 valence electrons. The summed E-state index contributed by atoms with van der Waals surface area (Å²) < 4.78 is 50.2. The van der Waals surface area contributed by atoms with Gasteiger partial charge in [0.05, 0.1) is 33.1 Å². The number of hydrogen-bond donors (Lipinski definition) is 1. The zero-order chi connectivity index (χ0) is 22.6. The van der Waals surface area contributed by atoms with Crippen LogP contribution in [-0.4, -0.2) is 36.0 Å². The van der Waals surface area contributed by atoms with Gasteiger partial charge in [-0.05, 0) is 35.4 Å². The zero-order valence-corrected chi connectivity index (χ0v) is 20.2. The second-order valence-electron chi connectivity index (χ2n) is 7.06. The van der Waals surface area contributed by atoms with E-state index < -0.39 is 30.0 Å². The highest BCUT2D eigenvalue weighted by atomic mass is 35.5. The molecule has 0 saturated carbocycles. The van der Waals surface area contributed by atoms with Crippen LogP contribution in [0, 0.1) is 5.82 Å². The van der Waals surface area contributed by atoms with Crippen LogP contribution >= 0.6 is 23.2 Å². The summed E-state index contributed by atoms with van der Waals surface area (Å²) in [6.45, 7) is 3.50. The van der Waals surface area contributed by atoms with Crippen LogP contribution < -0.4 is 4.31 Å². The average Bonchev–Trinajstić information content (AvgIpc) is 2.64. The molecule has 1 aliphatic rings. The van der Waals surface area contributed by atoms with E-state index in [-0.39, 0.29) is 47.9 Å². The maximum atomic E-state index is 13.8. The smallest absolute Gasteiger partial charge is 0.232 e. The van der Waals surface area contributed by atoms with Gasteiger partial charge >= 0.3 is 0 Å². The van der Waals surface area contributed by atoms with Crippen LogP contribution in [0.1, 0.15) is 30.7 Å². The number of aromatic nitrogens is 1. The van der Waals surface area contributed by atoms with Gasteiger partial charge in [0, 0.05) is 22.9 Å². The van der Waals surface area contributed by atoms with E-state index in [4.69, 9.17) is 23.2 Å². The highest BCUT2D eigenvalue weighted by molar-refractivity contribution is 8.36. The summed E-state index contributed by atoms with van der Waals surface area (Å²) in [7, 11) is -3.37. The van der Waals surface area contributed by atoms with Crippen LogP contribution in [0.2, 0.25) is 10.0 Å². The number of benzene rings is 1. The van der Waals surface area contributed by atoms with E-state index in [2.05, 4.69) is 4.98 Å². The first kappa shape index (κ1) is 23.2. The number of pyridine rings is 1. The molecule has 1 aromatic carbocycles. The first-order chi connectivity index (χ1) is 13.8. The Morgan fingerprint density at radius 3 is 2.50 bits per heavy atom. The highest BCUT2D eigenvalue weighted by Gasteiger charge is 2.40. The largest absolute Gasteiger partial charge is 0.505 e. The van der Waals surface area contributed by atoms with E-state index in [1.807, 2.05) is 0 Å². The van der Waals surface area contributed by atoms with Gasteiger partial charge in [0.2, 0.25) is 10.0 Å². The van der Waals surface area contributed by atoms with Gasteiger partial charge in [-0.15, -0.1) is 0 Å². The summed E-state index contributed by atoms with van der Waals surface area (Å²) in [4.78, 5) is 4.22. The molecule has 2 aromatic rings. The Morgan fingerprint density at radius 1 is 1.30 bits per heavy atom. The fraction of sp³-hybridized carbons (Fsp3) is 0.278. The predicted octanol–water partition coefficient (Wildman–Crippen LogP) is 4.30. The molecule has 2 heterocycles. The third kappa shape index (κ3) is 3.69. The molecule has 1 aliphatic heterocycles. The van der Waals surface area contributed by atoms with Crippen molar-refractivity contribution in [3.8, 4) is 0 Å². The fourth-order valence-electron chi connectivity index (χ4n) is 3.15. The molecule has 6 nitrogen and oxygen atoms in total. The van der Waals surface area contributed by atoms with Crippen molar-refractivity contribution in [1.82, 2.24) is 4.98 Å². The number of hydrogen-bond acceptors (Lipinski definition) is 5. The number of rotatable bonds is 3. The SMILES string of the molecule is CN(c1c(Cl)ccc(C2=C(O)c3ncc(F)cc3C(C)(C)S2=S=O)c1Cl)S(C)(=O)=O. The van der Waals surface area contributed by atoms with Gasteiger partial charge in [-0.3, -0.25) is 4.31 Å². The van der Waals surface area contributed by atoms with Crippen LogP contribution in [0.4, 0.5) is 10.1 Å². The number of nitrogens with zero attached hydrogens (tertiary/aromatic N) is 2. The Labute approximate surface area is 189 Å². The number of aliphatic hydroxyl groups excluding tert-OH is 1. The number of halogens is 3. The fourth-order valence-corrected chi connectivity index (χ4v) is 7.79. The van der Waals surface area contributed by atoms with Gasteiger partial charge in [-0.2, -0.15) is 0 Å². The van der Waals surface area contributed by atoms with Crippen LogP contribution in [0.15, 0.2) is 24.4 Å². The number of fused-ring (bicyclic) bond motifs is 1. The molecule has 0 amide bonds. The van der Waals surface area contributed by atoms with E-state index in [9.17, 15) is 22.1 Å². The Hall–Kier alpha value is -1.46. The summed E-state index contributed by atoms with van der Waals surface area (Å²) in [5.74, 6) is -0.896. The molecule has 0 radical (unpaired) electrons. The lowest BCUT2D eigenvalue weighted by Gasteiger charge is -2.35. The first-order valence-electron chi connectivity index (χ1n) is 8.39. The lowest BCUT2D eigenvalue weighted by molar-refractivity contribution is 0.505. The first-order valence-corrected chi connectivity index (χ1v) is 13.5. The van der Waals surface area contributed by atoms with Crippen molar-refractivity contribution >= 4 is 69.3 Å². The molecule has 3 rings (SSSR count). The van der Waals surface area contributed by atoms with Crippen LogP contribution in [0.25, 0.3) is 10.7 Å². The predicted molar refractivity (Wildman–Crippen MR) is 122 cm³/mol. The maximum absolute atomic E-state index is 13.8. The molecule has 1 aromatic heterocycles.